The Morgan fingerprint density at radius 3 is 2.33 bits per heavy atom. The van der Waals surface area contributed by atoms with Crippen LogP contribution in [0.4, 0.5) is 5.82 Å². The number of fused-ring (bicyclic) bond motifs is 1. The van der Waals surface area contributed by atoms with Crippen molar-refractivity contribution >= 4 is 23.5 Å². The predicted octanol–water partition coefficient (Wildman–Crippen LogP) is 3.87. The van der Waals surface area contributed by atoms with E-state index < -0.39 is 5.92 Å². The summed E-state index contributed by atoms with van der Waals surface area (Å²) in [5.41, 5.74) is 3.04. The molecule has 0 spiro atoms. The normalized spacial score (nSPS) is 14.9. The number of ether oxygens (including phenoxy) is 3. The molecule has 4 rings (SSSR count). The number of amides is 1. The number of hydrogen-bond donors (Lipinski definition) is 2. The van der Waals surface area contributed by atoms with Crippen molar-refractivity contribution in [2.24, 2.45) is 0 Å². The van der Waals surface area contributed by atoms with Crippen LogP contribution in [0.1, 0.15) is 34.6 Å². The van der Waals surface area contributed by atoms with Crippen molar-refractivity contribution < 1.29 is 19.0 Å². The number of anilines is 1. The zero-order chi connectivity index (χ0) is 23.5. The van der Waals surface area contributed by atoms with Crippen LogP contribution >= 0.6 is 11.8 Å². The monoisotopic (exact) mass is 467 g/mol. The van der Waals surface area contributed by atoms with Crippen LogP contribution in [0.25, 0.3) is 0 Å². The third-order valence-corrected chi connectivity index (χ3v) is 6.48. The molecular weight excluding hydrogens is 442 g/mol. The zero-order valence-electron chi connectivity index (χ0n) is 18.9. The van der Waals surface area contributed by atoms with Crippen LogP contribution in [0.5, 0.6) is 17.2 Å². The second kappa shape index (κ2) is 9.58. The molecule has 0 radical (unpaired) electrons. The van der Waals surface area contributed by atoms with Gasteiger partial charge < -0.3 is 24.5 Å². The number of aromatic amines is 1. The van der Waals surface area contributed by atoms with Crippen molar-refractivity contribution in [2.45, 2.75) is 30.2 Å². The number of nitrogens with zero attached hydrogens (tertiary/aromatic N) is 1. The van der Waals surface area contributed by atoms with Gasteiger partial charge in [-0.25, -0.2) is 4.98 Å². The van der Waals surface area contributed by atoms with Crippen LogP contribution in [0.2, 0.25) is 0 Å². The SMILES string of the molecule is COc1cc(OC)c([C@@H]2CC(=O)Nc3nc(SCc4ccc(C)cc4)[nH]c(=O)c32)cc1OC. The van der Waals surface area contributed by atoms with Crippen molar-refractivity contribution in [2.75, 3.05) is 26.6 Å². The number of carbonyl (C=O) groups is 1. The van der Waals surface area contributed by atoms with E-state index >= 15 is 0 Å². The van der Waals surface area contributed by atoms with Gasteiger partial charge in [0.25, 0.3) is 5.56 Å². The summed E-state index contributed by atoms with van der Waals surface area (Å²) in [7, 11) is 4.59. The number of aryl methyl sites for hydroxylation is 1. The quantitative estimate of drug-likeness (QED) is 0.402. The number of carbonyl (C=O) groups excluding carboxylic acids is 1. The van der Waals surface area contributed by atoms with E-state index in [1.54, 1.807) is 12.1 Å². The van der Waals surface area contributed by atoms with Crippen molar-refractivity contribution in [1.82, 2.24) is 9.97 Å². The van der Waals surface area contributed by atoms with E-state index in [2.05, 4.69) is 15.3 Å². The Hall–Kier alpha value is -3.46. The van der Waals surface area contributed by atoms with Crippen LogP contribution in [0.15, 0.2) is 46.3 Å². The van der Waals surface area contributed by atoms with Gasteiger partial charge in [-0.3, -0.25) is 9.59 Å². The molecule has 8 nitrogen and oxygen atoms in total. The van der Waals surface area contributed by atoms with E-state index in [9.17, 15) is 9.59 Å². The molecule has 3 aromatic rings. The van der Waals surface area contributed by atoms with Gasteiger partial charge in [-0.1, -0.05) is 41.6 Å². The molecule has 1 aromatic heterocycles. The van der Waals surface area contributed by atoms with Crippen LogP contribution in [-0.2, 0) is 10.5 Å². The molecule has 1 atom stereocenters. The molecule has 2 aromatic carbocycles. The molecule has 0 aliphatic carbocycles. The molecule has 2 N–H and O–H groups in total. The van der Waals surface area contributed by atoms with Crippen molar-refractivity contribution in [1.29, 1.82) is 0 Å². The summed E-state index contributed by atoms with van der Waals surface area (Å²) >= 11 is 1.40. The molecule has 9 heteroatoms. The van der Waals surface area contributed by atoms with Crippen molar-refractivity contribution in [3.8, 4) is 17.2 Å². The number of H-pyrrole nitrogens is 1. The van der Waals surface area contributed by atoms with Gasteiger partial charge in [-0.2, -0.15) is 0 Å². The molecule has 33 heavy (non-hydrogen) atoms. The number of aromatic nitrogens is 2. The van der Waals surface area contributed by atoms with Gasteiger partial charge in [-0.05, 0) is 18.6 Å². The summed E-state index contributed by atoms with van der Waals surface area (Å²) in [5, 5.41) is 3.20. The lowest BCUT2D eigenvalue weighted by Gasteiger charge is -2.26. The Balaban J connectivity index is 1.71. The number of rotatable bonds is 7. The molecule has 0 saturated heterocycles. The summed E-state index contributed by atoms with van der Waals surface area (Å²) < 4.78 is 16.3. The standard InChI is InChI=1S/C24H25N3O5S/c1-13-5-7-14(8-6-13)12-33-24-26-22-21(23(29)27-24)16(10-20(28)25-22)15-9-18(31-3)19(32-4)11-17(15)30-2/h5-9,11,16H,10,12H2,1-4H3,(H2,25,26,27,28,29)/t16-/m0/s1. The highest BCUT2D eigenvalue weighted by molar-refractivity contribution is 7.98. The lowest BCUT2D eigenvalue weighted by atomic mass is 9.86. The highest BCUT2D eigenvalue weighted by Crippen LogP contribution is 2.43. The molecular formula is C24H25N3O5S. The third kappa shape index (κ3) is 4.68. The maximum atomic E-state index is 13.2. The zero-order valence-corrected chi connectivity index (χ0v) is 19.7. The first-order chi connectivity index (χ1) is 15.9. The Kier molecular flexibility index (Phi) is 6.60. The number of methoxy groups -OCH3 is 3. The molecule has 0 fully saturated rings. The van der Waals surface area contributed by atoms with E-state index in [1.807, 2.05) is 31.2 Å². The Labute approximate surface area is 195 Å². The summed E-state index contributed by atoms with van der Waals surface area (Å²) in [5.74, 6) is 1.61. The van der Waals surface area contributed by atoms with E-state index in [4.69, 9.17) is 14.2 Å². The topological polar surface area (TPSA) is 103 Å². The van der Waals surface area contributed by atoms with E-state index in [0.717, 1.165) is 5.56 Å². The van der Waals surface area contributed by atoms with Crippen molar-refractivity contribution in [3.63, 3.8) is 0 Å². The molecule has 1 aliphatic rings. The third-order valence-electron chi connectivity index (χ3n) is 5.54. The fourth-order valence-electron chi connectivity index (χ4n) is 3.85. The minimum absolute atomic E-state index is 0.0828. The average Bonchev–Trinajstić information content (AvgIpc) is 2.82. The number of thioether (sulfide) groups is 1. The van der Waals surface area contributed by atoms with E-state index in [0.29, 0.717) is 39.3 Å². The lowest BCUT2D eigenvalue weighted by Crippen LogP contribution is -2.31. The smallest absolute Gasteiger partial charge is 0.257 e. The van der Waals surface area contributed by atoms with Crippen LogP contribution < -0.4 is 25.1 Å². The van der Waals surface area contributed by atoms with Gasteiger partial charge in [0.15, 0.2) is 16.7 Å². The number of nitrogens with one attached hydrogen (secondary N) is 2. The van der Waals surface area contributed by atoms with Crippen molar-refractivity contribution in [3.05, 3.63) is 69.0 Å². The Morgan fingerprint density at radius 1 is 1.00 bits per heavy atom. The summed E-state index contributed by atoms with van der Waals surface area (Å²) in [6.07, 6.45) is 0.0828. The van der Waals surface area contributed by atoms with E-state index in [1.165, 1.54) is 38.7 Å². The molecule has 2 heterocycles. The highest BCUT2D eigenvalue weighted by atomic mass is 32.2. The fourth-order valence-corrected chi connectivity index (χ4v) is 4.66. The van der Waals surface area contributed by atoms with Gasteiger partial charge in [-0.15, -0.1) is 0 Å². The molecule has 0 bridgehead atoms. The minimum Gasteiger partial charge on any atom is -0.496 e. The van der Waals surface area contributed by atoms with Gasteiger partial charge in [0, 0.05) is 29.7 Å². The molecule has 172 valence electrons. The van der Waals surface area contributed by atoms with Gasteiger partial charge in [0.2, 0.25) is 5.91 Å². The first kappa shape index (κ1) is 22.7. The fraction of sp³-hybridized carbons (Fsp3) is 0.292. The highest BCUT2D eigenvalue weighted by Gasteiger charge is 2.33. The predicted molar refractivity (Wildman–Crippen MR) is 127 cm³/mol. The first-order valence-corrected chi connectivity index (χ1v) is 11.3. The van der Waals surface area contributed by atoms with Crippen LogP contribution in [0.3, 0.4) is 0 Å². The van der Waals surface area contributed by atoms with E-state index in [-0.39, 0.29) is 23.7 Å². The minimum atomic E-state index is -0.545. The maximum Gasteiger partial charge on any atom is 0.257 e. The summed E-state index contributed by atoms with van der Waals surface area (Å²) in [6.45, 7) is 2.03. The second-order valence-corrected chi connectivity index (χ2v) is 8.63. The molecule has 0 unspecified atom stereocenters. The number of hydrogen-bond acceptors (Lipinski definition) is 7. The molecule has 0 saturated carbocycles. The number of benzene rings is 2. The molecule has 1 amide bonds. The Morgan fingerprint density at radius 2 is 1.67 bits per heavy atom. The second-order valence-electron chi connectivity index (χ2n) is 7.66. The summed E-state index contributed by atoms with van der Waals surface area (Å²) in [6, 6.07) is 11.6. The van der Waals surface area contributed by atoms with Crippen LogP contribution in [-0.4, -0.2) is 37.2 Å². The first-order valence-electron chi connectivity index (χ1n) is 10.4. The maximum absolute atomic E-state index is 13.2. The van der Waals surface area contributed by atoms with Gasteiger partial charge in [0.05, 0.1) is 26.9 Å². The molecule has 1 aliphatic heterocycles. The average molecular weight is 468 g/mol. The van der Waals surface area contributed by atoms with Crippen LogP contribution in [0, 0.1) is 6.92 Å². The van der Waals surface area contributed by atoms with Gasteiger partial charge >= 0.3 is 0 Å². The lowest BCUT2D eigenvalue weighted by molar-refractivity contribution is -0.116. The summed E-state index contributed by atoms with van der Waals surface area (Å²) in [4.78, 5) is 33.1. The largest absolute Gasteiger partial charge is 0.496 e. The van der Waals surface area contributed by atoms with Gasteiger partial charge in [0.1, 0.15) is 11.6 Å². The Bertz CT molecular complexity index is 1240.